The first-order valence-corrected chi connectivity index (χ1v) is 6.62. The molecule has 0 radical (unpaired) electrons. The Kier molecular flexibility index (Phi) is 3.49. The smallest absolute Gasteiger partial charge is 0.127 e. The van der Waals surface area contributed by atoms with Gasteiger partial charge in [0.25, 0.3) is 0 Å². The predicted octanol–water partition coefficient (Wildman–Crippen LogP) is 1.25. The molecule has 0 amide bonds. The number of pyridine rings is 1. The van der Waals surface area contributed by atoms with Gasteiger partial charge in [0, 0.05) is 18.0 Å². The molecule has 1 aromatic rings. The van der Waals surface area contributed by atoms with Crippen LogP contribution in [0.4, 0.5) is 0 Å². The Morgan fingerprint density at radius 3 is 3.20 bits per heavy atom. The topological polar surface area (TPSA) is 42.0 Å². The maximum Gasteiger partial charge on any atom is 0.127 e. The minimum Gasteiger partial charge on any atom is -0.313 e. The van der Waals surface area contributed by atoms with Gasteiger partial charge >= 0.3 is 0 Å². The highest BCUT2D eigenvalue weighted by Crippen LogP contribution is 2.11. The summed E-state index contributed by atoms with van der Waals surface area (Å²) in [5.74, 6) is 0.691. The molecule has 15 heavy (non-hydrogen) atoms. The lowest BCUT2D eigenvalue weighted by molar-refractivity contribution is 0.641. The normalized spacial score (nSPS) is 22.9. The molecular weight excluding hydrogens is 208 g/mol. The van der Waals surface area contributed by atoms with E-state index in [4.69, 9.17) is 0 Å². The van der Waals surface area contributed by atoms with E-state index in [-0.39, 0.29) is 0 Å². The summed E-state index contributed by atoms with van der Waals surface area (Å²) in [5.41, 5.74) is 1.12. The summed E-state index contributed by atoms with van der Waals surface area (Å²) in [5, 5.41) is 4.06. The molecule has 0 unspecified atom stereocenters. The van der Waals surface area contributed by atoms with E-state index in [0.717, 1.165) is 18.5 Å². The molecule has 2 heterocycles. The lowest BCUT2D eigenvalue weighted by Gasteiger charge is -2.09. The molecule has 2 atom stereocenters. The van der Waals surface area contributed by atoms with Crippen molar-refractivity contribution >= 4 is 10.8 Å². The van der Waals surface area contributed by atoms with E-state index in [0.29, 0.717) is 16.8 Å². The highest BCUT2D eigenvalue weighted by molar-refractivity contribution is 7.85. The van der Waals surface area contributed by atoms with E-state index in [1.807, 2.05) is 19.1 Å². The van der Waals surface area contributed by atoms with E-state index in [9.17, 15) is 4.21 Å². The molecule has 1 saturated heterocycles. The zero-order valence-electron chi connectivity index (χ0n) is 8.90. The summed E-state index contributed by atoms with van der Waals surface area (Å²) in [6.45, 7) is 3.05. The summed E-state index contributed by atoms with van der Waals surface area (Å²) in [4.78, 5) is 4.15. The summed E-state index contributed by atoms with van der Waals surface area (Å²) in [6, 6.07) is 4.24. The van der Waals surface area contributed by atoms with Crippen LogP contribution in [0.25, 0.3) is 0 Å². The molecule has 0 saturated carbocycles. The Balaban J connectivity index is 2.01. The molecule has 1 N–H and O–H groups in total. The Morgan fingerprint density at radius 1 is 1.67 bits per heavy atom. The average Bonchev–Trinajstić information content (AvgIpc) is 2.70. The van der Waals surface area contributed by atoms with Crippen LogP contribution in [0.3, 0.4) is 0 Å². The Hall–Kier alpha value is -0.740. The van der Waals surface area contributed by atoms with E-state index in [1.165, 1.54) is 6.42 Å². The number of aryl methyl sites for hydroxylation is 1. The van der Waals surface area contributed by atoms with Crippen LogP contribution in [0.1, 0.15) is 18.4 Å². The fraction of sp³-hybridized carbons (Fsp3) is 0.545. The fourth-order valence-corrected chi connectivity index (χ4v) is 3.12. The lowest BCUT2D eigenvalue weighted by atomic mass is 10.3. The van der Waals surface area contributed by atoms with Crippen molar-refractivity contribution in [3.05, 3.63) is 23.9 Å². The monoisotopic (exact) mass is 224 g/mol. The van der Waals surface area contributed by atoms with Gasteiger partial charge in [0.15, 0.2) is 0 Å². The van der Waals surface area contributed by atoms with Crippen LogP contribution in [0.5, 0.6) is 0 Å². The Morgan fingerprint density at radius 2 is 2.53 bits per heavy atom. The first-order valence-electron chi connectivity index (χ1n) is 5.30. The van der Waals surface area contributed by atoms with Crippen LogP contribution in [-0.4, -0.2) is 27.5 Å². The van der Waals surface area contributed by atoms with Gasteiger partial charge in [-0.1, -0.05) is 0 Å². The molecule has 0 spiro atoms. The maximum absolute atomic E-state index is 12.0. The highest BCUT2D eigenvalue weighted by Gasteiger charge is 2.18. The molecule has 1 aromatic heterocycles. The number of rotatable bonds is 3. The van der Waals surface area contributed by atoms with Gasteiger partial charge in [-0.25, -0.2) is 4.98 Å². The van der Waals surface area contributed by atoms with Crippen LogP contribution < -0.4 is 5.32 Å². The van der Waals surface area contributed by atoms with Crippen molar-refractivity contribution < 1.29 is 4.21 Å². The standard InChI is InChI=1S/C11H16N2OS/c1-9-4-6-13-11(7-9)15(14)8-10-3-2-5-12-10/h4,6-7,10,12H,2-3,5,8H2,1H3/t10-,15+/m0/s1. The van der Waals surface area contributed by atoms with Crippen molar-refractivity contribution in [3.63, 3.8) is 0 Å². The molecule has 0 bridgehead atoms. The largest absolute Gasteiger partial charge is 0.313 e. The van der Waals surface area contributed by atoms with Gasteiger partial charge in [0.05, 0.1) is 10.8 Å². The highest BCUT2D eigenvalue weighted by atomic mass is 32.2. The fourth-order valence-electron chi connectivity index (χ4n) is 1.80. The minimum absolute atomic E-state index is 0.410. The molecule has 1 aliphatic heterocycles. The number of hydrogen-bond donors (Lipinski definition) is 1. The van der Waals surface area contributed by atoms with Crippen LogP contribution in [-0.2, 0) is 10.8 Å². The predicted molar refractivity (Wildman–Crippen MR) is 61.3 cm³/mol. The number of aromatic nitrogens is 1. The summed E-state index contributed by atoms with van der Waals surface area (Å²) in [6.07, 6.45) is 4.06. The lowest BCUT2D eigenvalue weighted by Crippen LogP contribution is -2.27. The van der Waals surface area contributed by atoms with Gasteiger partial charge in [-0.3, -0.25) is 4.21 Å². The quantitative estimate of drug-likeness (QED) is 0.840. The molecule has 0 aromatic carbocycles. The third-order valence-electron chi connectivity index (χ3n) is 2.64. The van der Waals surface area contributed by atoms with Gasteiger partial charge in [-0.15, -0.1) is 0 Å². The van der Waals surface area contributed by atoms with Crippen molar-refractivity contribution in [2.45, 2.75) is 30.8 Å². The molecule has 2 rings (SSSR count). The molecule has 4 heteroatoms. The van der Waals surface area contributed by atoms with Crippen molar-refractivity contribution in [1.82, 2.24) is 10.3 Å². The van der Waals surface area contributed by atoms with E-state index >= 15 is 0 Å². The molecule has 0 aliphatic carbocycles. The number of nitrogens with one attached hydrogen (secondary N) is 1. The van der Waals surface area contributed by atoms with Gasteiger partial charge in [0.2, 0.25) is 0 Å². The second-order valence-corrected chi connectivity index (χ2v) is 5.42. The van der Waals surface area contributed by atoms with E-state index in [2.05, 4.69) is 10.3 Å². The van der Waals surface area contributed by atoms with Crippen molar-refractivity contribution in [3.8, 4) is 0 Å². The molecule has 82 valence electrons. The number of hydrogen-bond acceptors (Lipinski definition) is 3. The van der Waals surface area contributed by atoms with Gasteiger partial charge < -0.3 is 5.32 Å². The zero-order chi connectivity index (χ0) is 10.7. The summed E-state index contributed by atoms with van der Waals surface area (Å²) in [7, 11) is -0.957. The van der Waals surface area contributed by atoms with Crippen LogP contribution in [0, 0.1) is 6.92 Å². The second kappa shape index (κ2) is 4.86. The molecule has 3 nitrogen and oxygen atoms in total. The van der Waals surface area contributed by atoms with Crippen LogP contribution in [0.2, 0.25) is 0 Å². The van der Waals surface area contributed by atoms with Crippen molar-refractivity contribution in [2.75, 3.05) is 12.3 Å². The maximum atomic E-state index is 12.0. The first-order chi connectivity index (χ1) is 7.25. The van der Waals surface area contributed by atoms with Crippen molar-refractivity contribution in [2.24, 2.45) is 0 Å². The Labute approximate surface area is 92.8 Å². The van der Waals surface area contributed by atoms with Crippen LogP contribution in [0.15, 0.2) is 23.4 Å². The van der Waals surface area contributed by atoms with Crippen LogP contribution >= 0.6 is 0 Å². The number of nitrogens with zero attached hydrogens (tertiary/aromatic N) is 1. The first kappa shape index (κ1) is 10.8. The Bertz CT molecular complexity index is 361. The SMILES string of the molecule is Cc1ccnc([S@](=O)C[C@@H]2CCCN2)c1. The third kappa shape index (κ3) is 2.86. The second-order valence-electron chi connectivity index (χ2n) is 3.98. The zero-order valence-corrected chi connectivity index (χ0v) is 9.72. The van der Waals surface area contributed by atoms with Gasteiger partial charge in [0.1, 0.15) is 5.03 Å². The van der Waals surface area contributed by atoms with Gasteiger partial charge in [-0.05, 0) is 44.0 Å². The summed E-state index contributed by atoms with van der Waals surface area (Å²) >= 11 is 0. The summed E-state index contributed by atoms with van der Waals surface area (Å²) < 4.78 is 12.0. The molecule has 1 aliphatic rings. The molecule has 1 fully saturated rings. The van der Waals surface area contributed by atoms with E-state index < -0.39 is 10.8 Å². The molecular formula is C11H16N2OS. The van der Waals surface area contributed by atoms with E-state index in [1.54, 1.807) is 6.20 Å². The van der Waals surface area contributed by atoms with Crippen molar-refractivity contribution in [1.29, 1.82) is 0 Å². The average molecular weight is 224 g/mol. The minimum atomic E-state index is -0.957. The third-order valence-corrected chi connectivity index (χ3v) is 4.03. The van der Waals surface area contributed by atoms with Gasteiger partial charge in [-0.2, -0.15) is 0 Å².